The van der Waals surface area contributed by atoms with Gasteiger partial charge in [0.2, 0.25) is 0 Å². The number of hydrogen-bond donors (Lipinski definition) is 0. The van der Waals surface area contributed by atoms with Crippen LogP contribution >= 0.6 is 22.9 Å². The van der Waals surface area contributed by atoms with Crippen LogP contribution in [0.25, 0.3) is 10.4 Å². The van der Waals surface area contributed by atoms with Gasteiger partial charge in [-0.1, -0.05) is 36.4 Å². The van der Waals surface area contributed by atoms with Crippen molar-refractivity contribution in [2.75, 3.05) is 0 Å². The fourth-order valence-corrected chi connectivity index (χ4v) is 2.31. The molecular formula is C13H11NS2. The second-order valence-corrected chi connectivity index (χ2v) is 4.67. The van der Waals surface area contributed by atoms with Gasteiger partial charge in [-0.15, -0.1) is 11.3 Å². The minimum absolute atomic E-state index is 1.31. The van der Waals surface area contributed by atoms with Crippen molar-refractivity contribution in [3.8, 4) is 10.4 Å². The van der Waals surface area contributed by atoms with E-state index in [1.807, 2.05) is 17.5 Å². The topological polar surface area (TPSA) is 12.9 Å². The number of benzene rings is 1. The van der Waals surface area contributed by atoms with Crippen LogP contribution in [0.15, 0.2) is 65.5 Å². The van der Waals surface area contributed by atoms with Crippen LogP contribution < -0.4 is 0 Å². The maximum Gasteiger partial charge on any atom is 0.0406 e. The molecule has 1 aromatic carbocycles. The quantitative estimate of drug-likeness (QED) is 0.612. The first-order valence-electron chi connectivity index (χ1n) is 4.90. The highest BCUT2D eigenvalue weighted by molar-refractivity contribution is 7.13. The van der Waals surface area contributed by atoms with Crippen molar-refractivity contribution >= 4 is 22.9 Å². The molecule has 0 spiro atoms. The van der Waals surface area contributed by atoms with Gasteiger partial charge < -0.3 is 0 Å². The van der Waals surface area contributed by atoms with Crippen LogP contribution in [0, 0.1) is 0 Å². The van der Waals surface area contributed by atoms with Gasteiger partial charge in [0.1, 0.15) is 0 Å². The zero-order chi connectivity index (χ0) is 11.1. The van der Waals surface area contributed by atoms with E-state index in [0.29, 0.717) is 0 Å². The standard InChI is InChI=1S/C10H8S.C3H3NS/c1-2-5-9(6-3-1)10-7-4-8-11-10;1-2-4-5-3-1/h1-8H;1-3H. The van der Waals surface area contributed by atoms with Crippen LogP contribution in [0.5, 0.6) is 0 Å². The Morgan fingerprint density at radius 3 is 2.19 bits per heavy atom. The Kier molecular flexibility index (Phi) is 4.28. The Labute approximate surface area is 103 Å². The van der Waals surface area contributed by atoms with Gasteiger partial charge in [0.05, 0.1) is 0 Å². The zero-order valence-corrected chi connectivity index (χ0v) is 10.2. The summed E-state index contributed by atoms with van der Waals surface area (Å²) in [6, 6.07) is 16.6. The maximum atomic E-state index is 3.76. The van der Waals surface area contributed by atoms with E-state index in [1.54, 1.807) is 17.5 Å². The zero-order valence-electron chi connectivity index (χ0n) is 8.61. The number of rotatable bonds is 1. The summed E-state index contributed by atoms with van der Waals surface area (Å²) in [4.78, 5) is 1.34. The summed E-state index contributed by atoms with van der Waals surface area (Å²) in [7, 11) is 0. The molecule has 0 amide bonds. The Hall–Kier alpha value is -1.45. The summed E-state index contributed by atoms with van der Waals surface area (Å²) in [5.41, 5.74) is 1.31. The molecule has 0 atom stereocenters. The number of nitrogens with zero attached hydrogens (tertiary/aromatic N) is 1. The van der Waals surface area contributed by atoms with Crippen LogP contribution in [-0.4, -0.2) is 4.37 Å². The van der Waals surface area contributed by atoms with Crippen molar-refractivity contribution in [3.63, 3.8) is 0 Å². The van der Waals surface area contributed by atoms with Crippen molar-refractivity contribution in [2.24, 2.45) is 0 Å². The first kappa shape index (κ1) is 11.0. The van der Waals surface area contributed by atoms with Gasteiger partial charge >= 0.3 is 0 Å². The average molecular weight is 245 g/mol. The van der Waals surface area contributed by atoms with Crippen molar-refractivity contribution in [1.82, 2.24) is 4.37 Å². The fraction of sp³-hybridized carbons (Fsp3) is 0. The van der Waals surface area contributed by atoms with Crippen molar-refractivity contribution in [2.45, 2.75) is 0 Å². The molecule has 0 bridgehead atoms. The van der Waals surface area contributed by atoms with Crippen LogP contribution in [0.3, 0.4) is 0 Å². The van der Waals surface area contributed by atoms with Crippen LogP contribution in [0.2, 0.25) is 0 Å². The lowest BCUT2D eigenvalue weighted by atomic mass is 10.2. The molecule has 0 N–H and O–H groups in total. The number of hydrogen-bond acceptors (Lipinski definition) is 3. The Balaban J connectivity index is 0.000000162. The van der Waals surface area contributed by atoms with Gasteiger partial charge in [0.15, 0.2) is 0 Å². The Morgan fingerprint density at radius 1 is 0.812 bits per heavy atom. The summed E-state index contributed by atoms with van der Waals surface area (Å²) < 4.78 is 3.76. The predicted molar refractivity (Wildman–Crippen MR) is 71.9 cm³/mol. The van der Waals surface area contributed by atoms with Crippen molar-refractivity contribution in [3.05, 3.63) is 65.5 Å². The molecule has 0 unspecified atom stereocenters. The monoisotopic (exact) mass is 245 g/mol. The first-order chi connectivity index (χ1) is 7.97. The summed E-state index contributed by atoms with van der Waals surface area (Å²) in [6.07, 6.45) is 1.77. The van der Waals surface area contributed by atoms with E-state index in [1.165, 1.54) is 22.0 Å². The molecule has 0 aliphatic carbocycles. The second-order valence-electron chi connectivity index (χ2n) is 3.03. The molecule has 0 saturated carbocycles. The fourth-order valence-electron chi connectivity index (χ4n) is 1.22. The van der Waals surface area contributed by atoms with Gasteiger partial charge in [0.25, 0.3) is 0 Å². The molecule has 0 aliphatic rings. The average Bonchev–Trinajstić information content (AvgIpc) is 3.07. The first-order valence-corrected chi connectivity index (χ1v) is 6.62. The molecule has 80 valence electrons. The van der Waals surface area contributed by atoms with Crippen molar-refractivity contribution < 1.29 is 0 Å². The molecule has 3 aromatic rings. The van der Waals surface area contributed by atoms with Gasteiger partial charge in [-0.2, -0.15) is 0 Å². The molecule has 1 nitrogen and oxygen atoms in total. The highest BCUT2D eigenvalue weighted by atomic mass is 32.1. The molecule has 2 heterocycles. The van der Waals surface area contributed by atoms with Gasteiger partial charge in [-0.25, -0.2) is 4.37 Å². The lowest BCUT2D eigenvalue weighted by Gasteiger charge is -1.93. The molecular weight excluding hydrogens is 234 g/mol. The maximum absolute atomic E-state index is 3.76. The molecule has 0 fully saturated rings. The minimum Gasteiger partial charge on any atom is -0.201 e. The van der Waals surface area contributed by atoms with Gasteiger partial charge in [0, 0.05) is 16.5 Å². The third-order valence-corrected chi connectivity index (χ3v) is 3.37. The Bertz CT molecular complexity index is 455. The van der Waals surface area contributed by atoms with Crippen LogP contribution in [-0.2, 0) is 0 Å². The van der Waals surface area contributed by atoms with E-state index in [4.69, 9.17) is 0 Å². The summed E-state index contributed by atoms with van der Waals surface area (Å²) in [5, 5.41) is 4.03. The number of thiophene rings is 1. The van der Waals surface area contributed by atoms with Gasteiger partial charge in [-0.3, -0.25) is 0 Å². The Morgan fingerprint density at radius 2 is 1.69 bits per heavy atom. The summed E-state index contributed by atoms with van der Waals surface area (Å²) in [6.45, 7) is 0. The highest BCUT2D eigenvalue weighted by Gasteiger charge is 1.93. The molecule has 0 saturated heterocycles. The minimum atomic E-state index is 1.31. The van der Waals surface area contributed by atoms with E-state index in [-0.39, 0.29) is 0 Å². The third-order valence-electron chi connectivity index (χ3n) is 1.93. The molecule has 2 aromatic heterocycles. The van der Waals surface area contributed by atoms with Crippen LogP contribution in [0.4, 0.5) is 0 Å². The second kappa shape index (κ2) is 6.20. The SMILES string of the molecule is c1ccc(-c2cccs2)cc1.c1cnsc1. The predicted octanol–water partition coefficient (Wildman–Crippen LogP) is 4.56. The van der Waals surface area contributed by atoms with E-state index >= 15 is 0 Å². The summed E-state index contributed by atoms with van der Waals surface area (Å²) >= 11 is 3.24. The lowest BCUT2D eigenvalue weighted by Crippen LogP contribution is -1.67. The summed E-state index contributed by atoms with van der Waals surface area (Å²) in [5.74, 6) is 0. The van der Waals surface area contributed by atoms with E-state index in [0.717, 1.165) is 0 Å². The third kappa shape index (κ3) is 3.29. The largest absolute Gasteiger partial charge is 0.201 e. The van der Waals surface area contributed by atoms with Gasteiger partial charge in [-0.05, 0) is 34.6 Å². The lowest BCUT2D eigenvalue weighted by molar-refractivity contribution is 1.58. The van der Waals surface area contributed by atoms with E-state index in [2.05, 4.69) is 46.2 Å². The van der Waals surface area contributed by atoms with Crippen LogP contribution in [0.1, 0.15) is 0 Å². The molecule has 0 aliphatic heterocycles. The highest BCUT2D eigenvalue weighted by Crippen LogP contribution is 2.23. The molecule has 3 heteroatoms. The van der Waals surface area contributed by atoms with E-state index < -0.39 is 0 Å². The normalized spacial score (nSPS) is 9.25. The molecule has 0 radical (unpaired) electrons. The smallest absolute Gasteiger partial charge is 0.0406 e. The molecule has 16 heavy (non-hydrogen) atoms. The van der Waals surface area contributed by atoms with Crippen molar-refractivity contribution in [1.29, 1.82) is 0 Å². The number of aromatic nitrogens is 1. The molecule has 3 rings (SSSR count). The van der Waals surface area contributed by atoms with E-state index in [9.17, 15) is 0 Å².